The Morgan fingerprint density at radius 1 is 1.25 bits per heavy atom. The van der Waals surface area contributed by atoms with E-state index in [2.05, 4.69) is 17.2 Å². The molecule has 1 aromatic heterocycles. The van der Waals surface area contributed by atoms with Gasteiger partial charge in [-0.25, -0.2) is 0 Å². The van der Waals surface area contributed by atoms with Gasteiger partial charge >= 0.3 is 0 Å². The molecule has 3 nitrogen and oxygen atoms in total. The Hall–Kier alpha value is -1.61. The van der Waals surface area contributed by atoms with Crippen LogP contribution >= 0.6 is 0 Å². The van der Waals surface area contributed by atoms with Crippen molar-refractivity contribution in [1.29, 1.82) is 0 Å². The predicted octanol–water partition coefficient (Wildman–Crippen LogP) is 2.05. The molecule has 0 aliphatic rings. The van der Waals surface area contributed by atoms with Crippen LogP contribution in [-0.4, -0.2) is 9.78 Å². The van der Waals surface area contributed by atoms with Crippen molar-refractivity contribution >= 4 is 0 Å². The highest BCUT2D eigenvalue weighted by Crippen LogP contribution is 2.15. The van der Waals surface area contributed by atoms with Gasteiger partial charge in [-0.3, -0.25) is 4.68 Å². The van der Waals surface area contributed by atoms with Crippen LogP contribution in [-0.2, 0) is 13.5 Å². The highest BCUT2D eigenvalue weighted by atomic mass is 15.2. The summed E-state index contributed by atoms with van der Waals surface area (Å²) in [6.45, 7) is 0. The van der Waals surface area contributed by atoms with Gasteiger partial charge in [-0.2, -0.15) is 5.10 Å². The van der Waals surface area contributed by atoms with Gasteiger partial charge in [0, 0.05) is 25.0 Å². The lowest BCUT2D eigenvalue weighted by Crippen LogP contribution is -2.12. The molecule has 84 valence electrons. The van der Waals surface area contributed by atoms with Crippen molar-refractivity contribution in [3.05, 3.63) is 53.9 Å². The normalized spacial score (nSPS) is 12.6. The van der Waals surface area contributed by atoms with Crippen molar-refractivity contribution in [2.75, 3.05) is 0 Å². The summed E-state index contributed by atoms with van der Waals surface area (Å²) in [4.78, 5) is 0. The summed E-state index contributed by atoms with van der Waals surface area (Å²) in [7, 11) is 1.96. The second-order valence-electron chi connectivity index (χ2n) is 4.00. The van der Waals surface area contributed by atoms with Gasteiger partial charge in [-0.1, -0.05) is 30.3 Å². The van der Waals surface area contributed by atoms with E-state index in [0.717, 1.165) is 12.8 Å². The number of hydrogen-bond donors (Lipinski definition) is 1. The van der Waals surface area contributed by atoms with E-state index in [0.29, 0.717) is 0 Å². The first kappa shape index (κ1) is 10.9. The molecule has 0 amide bonds. The standard InChI is InChI=1S/C13H17N3/c1-16-12(9-10-15-16)7-8-13(14)11-5-3-2-4-6-11/h2-6,9-10,13H,7-8,14H2,1H3. The number of hydrogen-bond acceptors (Lipinski definition) is 2. The van der Waals surface area contributed by atoms with Crippen LogP contribution in [0.15, 0.2) is 42.6 Å². The average molecular weight is 215 g/mol. The van der Waals surface area contributed by atoms with E-state index in [-0.39, 0.29) is 6.04 Å². The Kier molecular flexibility index (Phi) is 3.37. The quantitative estimate of drug-likeness (QED) is 0.848. The molecule has 3 heteroatoms. The largest absolute Gasteiger partial charge is 0.324 e. The van der Waals surface area contributed by atoms with Gasteiger partial charge in [-0.05, 0) is 24.5 Å². The molecule has 0 radical (unpaired) electrons. The highest BCUT2D eigenvalue weighted by Gasteiger charge is 2.06. The van der Waals surface area contributed by atoms with E-state index in [1.165, 1.54) is 11.3 Å². The molecule has 0 bridgehead atoms. The van der Waals surface area contributed by atoms with Crippen LogP contribution in [0.3, 0.4) is 0 Å². The predicted molar refractivity (Wildman–Crippen MR) is 64.9 cm³/mol. The molecule has 0 saturated carbocycles. The molecule has 0 saturated heterocycles. The number of rotatable bonds is 4. The number of aryl methyl sites for hydroxylation is 2. The molecule has 1 unspecified atom stereocenters. The molecule has 0 aliphatic carbocycles. The Labute approximate surface area is 95.9 Å². The van der Waals surface area contributed by atoms with E-state index in [4.69, 9.17) is 5.73 Å². The first-order valence-corrected chi connectivity index (χ1v) is 5.55. The molecule has 1 heterocycles. The minimum absolute atomic E-state index is 0.107. The molecule has 2 aromatic rings. The summed E-state index contributed by atoms with van der Waals surface area (Å²) in [6.07, 6.45) is 3.74. The van der Waals surface area contributed by atoms with Crippen molar-refractivity contribution < 1.29 is 0 Å². The molecule has 0 spiro atoms. The summed E-state index contributed by atoms with van der Waals surface area (Å²) in [5, 5.41) is 4.14. The molecule has 16 heavy (non-hydrogen) atoms. The van der Waals surface area contributed by atoms with Gasteiger partial charge in [0.15, 0.2) is 0 Å². The van der Waals surface area contributed by atoms with Crippen molar-refractivity contribution in [3.63, 3.8) is 0 Å². The fourth-order valence-electron chi connectivity index (χ4n) is 1.82. The molecule has 2 N–H and O–H groups in total. The van der Waals surface area contributed by atoms with E-state index in [1.807, 2.05) is 42.2 Å². The van der Waals surface area contributed by atoms with Crippen molar-refractivity contribution in [2.45, 2.75) is 18.9 Å². The van der Waals surface area contributed by atoms with Crippen molar-refractivity contribution in [1.82, 2.24) is 9.78 Å². The van der Waals surface area contributed by atoms with Crippen molar-refractivity contribution in [3.8, 4) is 0 Å². The van der Waals surface area contributed by atoms with Crippen LogP contribution < -0.4 is 5.73 Å². The molecule has 1 atom stereocenters. The lowest BCUT2D eigenvalue weighted by atomic mass is 10.0. The average Bonchev–Trinajstić information content (AvgIpc) is 2.73. The Bertz CT molecular complexity index is 433. The summed E-state index contributed by atoms with van der Waals surface area (Å²) in [6, 6.07) is 12.4. The lowest BCUT2D eigenvalue weighted by Gasteiger charge is -2.11. The number of aromatic nitrogens is 2. The second-order valence-corrected chi connectivity index (χ2v) is 4.00. The summed E-state index contributed by atoms with van der Waals surface area (Å²) in [5.74, 6) is 0. The number of nitrogens with two attached hydrogens (primary N) is 1. The summed E-state index contributed by atoms with van der Waals surface area (Å²) < 4.78 is 1.90. The fraction of sp³-hybridized carbons (Fsp3) is 0.308. The van der Waals surface area contributed by atoms with Gasteiger partial charge in [0.05, 0.1) is 0 Å². The second kappa shape index (κ2) is 4.94. The van der Waals surface area contributed by atoms with E-state index in [9.17, 15) is 0 Å². The van der Waals surface area contributed by atoms with Crippen LogP contribution in [0, 0.1) is 0 Å². The van der Waals surface area contributed by atoms with Crippen LogP contribution in [0.5, 0.6) is 0 Å². The third-order valence-corrected chi connectivity index (χ3v) is 2.86. The minimum atomic E-state index is 0.107. The van der Waals surface area contributed by atoms with E-state index in [1.54, 1.807) is 0 Å². The van der Waals surface area contributed by atoms with Crippen LogP contribution in [0.4, 0.5) is 0 Å². The Morgan fingerprint density at radius 2 is 2.00 bits per heavy atom. The minimum Gasteiger partial charge on any atom is -0.324 e. The fourth-order valence-corrected chi connectivity index (χ4v) is 1.82. The first-order valence-electron chi connectivity index (χ1n) is 5.55. The van der Waals surface area contributed by atoms with E-state index < -0.39 is 0 Å². The van der Waals surface area contributed by atoms with Gasteiger partial charge in [-0.15, -0.1) is 0 Å². The Morgan fingerprint density at radius 3 is 2.62 bits per heavy atom. The third kappa shape index (κ3) is 2.49. The Balaban J connectivity index is 1.94. The molecule has 1 aromatic carbocycles. The van der Waals surface area contributed by atoms with Gasteiger partial charge < -0.3 is 5.73 Å². The maximum absolute atomic E-state index is 6.13. The van der Waals surface area contributed by atoms with Crippen LogP contribution in [0.25, 0.3) is 0 Å². The summed E-state index contributed by atoms with van der Waals surface area (Å²) in [5.41, 5.74) is 8.56. The summed E-state index contributed by atoms with van der Waals surface area (Å²) >= 11 is 0. The third-order valence-electron chi connectivity index (χ3n) is 2.86. The molecular formula is C13H17N3. The maximum Gasteiger partial charge on any atom is 0.0492 e. The topological polar surface area (TPSA) is 43.8 Å². The zero-order valence-electron chi connectivity index (χ0n) is 9.50. The molecule has 0 aliphatic heterocycles. The maximum atomic E-state index is 6.13. The van der Waals surface area contributed by atoms with Gasteiger partial charge in [0.1, 0.15) is 0 Å². The molecular weight excluding hydrogens is 198 g/mol. The van der Waals surface area contributed by atoms with Gasteiger partial charge in [0.25, 0.3) is 0 Å². The molecule has 2 rings (SSSR count). The number of benzene rings is 1. The van der Waals surface area contributed by atoms with E-state index >= 15 is 0 Å². The van der Waals surface area contributed by atoms with Gasteiger partial charge in [0.2, 0.25) is 0 Å². The van der Waals surface area contributed by atoms with Crippen LogP contribution in [0.1, 0.15) is 23.7 Å². The number of nitrogens with zero attached hydrogens (tertiary/aromatic N) is 2. The smallest absolute Gasteiger partial charge is 0.0492 e. The first-order chi connectivity index (χ1) is 7.77. The lowest BCUT2D eigenvalue weighted by molar-refractivity contribution is 0.614. The zero-order chi connectivity index (χ0) is 11.4. The molecule has 0 fully saturated rings. The SMILES string of the molecule is Cn1nccc1CCC(N)c1ccccc1. The van der Waals surface area contributed by atoms with Crippen molar-refractivity contribution in [2.24, 2.45) is 12.8 Å². The monoisotopic (exact) mass is 215 g/mol. The van der Waals surface area contributed by atoms with Crippen LogP contribution in [0.2, 0.25) is 0 Å². The zero-order valence-corrected chi connectivity index (χ0v) is 9.50. The highest BCUT2D eigenvalue weighted by molar-refractivity contribution is 5.18.